The van der Waals surface area contributed by atoms with Crippen molar-refractivity contribution in [3.05, 3.63) is 36.1 Å². The van der Waals surface area contributed by atoms with Crippen LogP contribution in [-0.4, -0.2) is 67.4 Å². The van der Waals surface area contributed by atoms with Gasteiger partial charge in [-0.3, -0.25) is 9.59 Å². The number of carbonyl (C=O) groups excluding carboxylic acids is 2. The zero-order chi connectivity index (χ0) is 19.5. The van der Waals surface area contributed by atoms with Crippen LogP contribution in [-0.2, 0) is 14.3 Å². The molecule has 2 amide bonds. The van der Waals surface area contributed by atoms with E-state index < -0.39 is 6.10 Å². The Balaban J connectivity index is 1.48. The third-order valence-electron chi connectivity index (χ3n) is 4.69. The summed E-state index contributed by atoms with van der Waals surface area (Å²) in [6, 6.07) is 9.04. The molecule has 2 aliphatic rings. The summed E-state index contributed by atoms with van der Waals surface area (Å²) in [5, 5.41) is 6.48. The Morgan fingerprint density at radius 3 is 2.79 bits per heavy atom. The molecular weight excluding hydrogens is 364 g/mol. The van der Waals surface area contributed by atoms with E-state index in [1.54, 1.807) is 24.0 Å². The van der Waals surface area contributed by atoms with Crippen LogP contribution < -0.4 is 15.0 Å². The lowest BCUT2D eigenvalue weighted by molar-refractivity contribution is -0.142. The van der Waals surface area contributed by atoms with Crippen molar-refractivity contribution in [2.45, 2.75) is 13.0 Å². The van der Waals surface area contributed by atoms with Crippen molar-refractivity contribution >= 4 is 23.3 Å². The molecular formula is C19H22N4O5. The lowest BCUT2D eigenvalue weighted by atomic mass is 10.1. The van der Waals surface area contributed by atoms with Crippen LogP contribution in [0.25, 0.3) is 0 Å². The number of anilines is 2. The predicted octanol–water partition coefficient (Wildman–Crippen LogP) is 1.05. The summed E-state index contributed by atoms with van der Waals surface area (Å²) in [6.45, 7) is 4.26. The molecule has 2 aliphatic heterocycles. The van der Waals surface area contributed by atoms with E-state index in [1.165, 1.54) is 0 Å². The average molecular weight is 386 g/mol. The number of para-hydroxylation sites is 2. The van der Waals surface area contributed by atoms with Crippen molar-refractivity contribution in [3.63, 3.8) is 0 Å². The van der Waals surface area contributed by atoms with E-state index in [4.69, 9.17) is 14.0 Å². The van der Waals surface area contributed by atoms with Gasteiger partial charge in [-0.25, -0.2) is 0 Å². The van der Waals surface area contributed by atoms with Gasteiger partial charge in [0.25, 0.3) is 5.91 Å². The van der Waals surface area contributed by atoms with E-state index in [9.17, 15) is 9.59 Å². The van der Waals surface area contributed by atoms with E-state index in [2.05, 4.69) is 10.5 Å². The Labute approximate surface area is 162 Å². The molecule has 0 bridgehead atoms. The van der Waals surface area contributed by atoms with Crippen molar-refractivity contribution in [1.29, 1.82) is 0 Å². The quantitative estimate of drug-likeness (QED) is 0.839. The first-order valence-corrected chi connectivity index (χ1v) is 9.20. The number of benzene rings is 1. The van der Waals surface area contributed by atoms with Crippen LogP contribution in [0.15, 0.2) is 34.9 Å². The molecule has 0 spiro atoms. The predicted molar refractivity (Wildman–Crippen MR) is 100 cm³/mol. The Morgan fingerprint density at radius 1 is 1.25 bits per heavy atom. The summed E-state index contributed by atoms with van der Waals surface area (Å²) in [7, 11) is 0. The maximum Gasteiger partial charge on any atom is 0.265 e. The Morgan fingerprint density at radius 2 is 2.04 bits per heavy atom. The summed E-state index contributed by atoms with van der Waals surface area (Å²) in [6.07, 6.45) is -0.671. The minimum absolute atomic E-state index is 0.0686. The minimum Gasteiger partial charge on any atom is -0.477 e. The average Bonchev–Trinajstić information content (AvgIpc) is 3.12. The van der Waals surface area contributed by atoms with E-state index >= 15 is 0 Å². The van der Waals surface area contributed by atoms with Crippen LogP contribution in [0.3, 0.4) is 0 Å². The molecule has 0 radical (unpaired) electrons. The number of ether oxygens (including phenoxy) is 2. The monoisotopic (exact) mass is 386 g/mol. The highest BCUT2D eigenvalue weighted by atomic mass is 16.5. The number of carbonyl (C=O) groups is 2. The van der Waals surface area contributed by atoms with Crippen LogP contribution in [0.4, 0.5) is 11.5 Å². The van der Waals surface area contributed by atoms with Gasteiger partial charge in [-0.15, -0.1) is 0 Å². The van der Waals surface area contributed by atoms with Gasteiger partial charge in [0, 0.05) is 19.2 Å². The van der Waals surface area contributed by atoms with Crippen LogP contribution in [0.1, 0.15) is 5.76 Å². The van der Waals surface area contributed by atoms with Crippen molar-refractivity contribution in [1.82, 2.24) is 10.1 Å². The maximum absolute atomic E-state index is 12.9. The van der Waals surface area contributed by atoms with Crippen molar-refractivity contribution in [2.24, 2.45) is 0 Å². The summed E-state index contributed by atoms with van der Waals surface area (Å²) >= 11 is 0. The molecule has 1 atom stereocenters. The van der Waals surface area contributed by atoms with Crippen molar-refractivity contribution in [3.8, 4) is 5.75 Å². The highest BCUT2D eigenvalue weighted by molar-refractivity contribution is 5.94. The van der Waals surface area contributed by atoms with Gasteiger partial charge in [-0.05, 0) is 19.1 Å². The maximum atomic E-state index is 12.9. The normalized spacial score (nSPS) is 19.0. The second-order valence-electron chi connectivity index (χ2n) is 6.76. The number of amides is 2. The molecule has 1 fully saturated rings. The molecule has 0 saturated carbocycles. The molecule has 9 heteroatoms. The standard InChI is InChI=1S/C19H22N4O5/c1-13-10-17(21-28-13)20-18(24)12-23-11-16(19(25)22-6-8-26-9-7-22)27-15-5-3-2-4-14(15)23/h2-5,10,16H,6-9,11-12H2,1H3,(H,20,21,24). The smallest absolute Gasteiger partial charge is 0.265 e. The molecule has 148 valence electrons. The fourth-order valence-corrected chi connectivity index (χ4v) is 3.35. The first kappa shape index (κ1) is 18.3. The van der Waals surface area contributed by atoms with Gasteiger partial charge < -0.3 is 29.1 Å². The molecule has 0 aliphatic carbocycles. The minimum atomic E-state index is -0.671. The fraction of sp³-hybridized carbons (Fsp3) is 0.421. The van der Waals surface area contributed by atoms with E-state index in [0.29, 0.717) is 50.2 Å². The SMILES string of the molecule is Cc1cc(NC(=O)CN2CC(C(=O)N3CCOCC3)Oc3ccccc32)no1. The largest absolute Gasteiger partial charge is 0.477 e. The van der Waals surface area contributed by atoms with Gasteiger partial charge in [0.15, 0.2) is 11.9 Å². The molecule has 1 saturated heterocycles. The number of hydrogen-bond acceptors (Lipinski definition) is 7. The lowest BCUT2D eigenvalue weighted by Gasteiger charge is -2.37. The third kappa shape index (κ3) is 3.94. The first-order chi connectivity index (χ1) is 13.6. The molecule has 2 aromatic rings. The number of rotatable bonds is 4. The Bertz CT molecular complexity index is 862. The molecule has 1 N–H and O–H groups in total. The van der Waals surface area contributed by atoms with Gasteiger partial charge in [0.2, 0.25) is 5.91 Å². The molecule has 1 aromatic heterocycles. The number of hydrogen-bond donors (Lipinski definition) is 1. The van der Waals surface area contributed by atoms with Gasteiger partial charge in [-0.2, -0.15) is 0 Å². The number of nitrogens with zero attached hydrogens (tertiary/aromatic N) is 3. The topological polar surface area (TPSA) is 97.1 Å². The molecule has 28 heavy (non-hydrogen) atoms. The van der Waals surface area contributed by atoms with Gasteiger partial charge in [-0.1, -0.05) is 17.3 Å². The van der Waals surface area contributed by atoms with E-state index in [-0.39, 0.29) is 18.4 Å². The van der Waals surface area contributed by atoms with Crippen LogP contribution in [0, 0.1) is 6.92 Å². The van der Waals surface area contributed by atoms with Crippen LogP contribution in [0.5, 0.6) is 5.75 Å². The van der Waals surface area contributed by atoms with Crippen LogP contribution >= 0.6 is 0 Å². The number of fused-ring (bicyclic) bond motifs is 1. The summed E-state index contributed by atoms with van der Waals surface area (Å²) in [5.74, 6) is 1.23. The van der Waals surface area contributed by atoms with Gasteiger partial charge >= 0.3 is 0 Å². The van der Waals surface area contributed by atoms with E-state index in [1.807, 2.05) is 23.1 Å². The molecule has 4 rings (SSSR count). The van der Waals surface area contributed by atoms with Crippen molar-refractivity contribution in [2.75, 3.05) is 49.6 Å². The highest BCUT2D eigenvalue weighted by Gasteiger charge is 2.34. The number of aromatic nitrogens is 1. The summed E-state index contributed by atoms with van der Waals surface area (Å²) in [4.78, 5) is 29.0. The van der Waals surface area contributed by atoms with Crippen molar-refractivity contribution < 1.29 is 23.6 Å². The molecule has 1 aromatic carbocycles. The fourth-order valence-electron chi connectivity index (χ4n) is 3.35. The summed E-state index contributed by atoms with van der Waals surface area (Å²) < 4.78 is 16.2. The molecule has 9 nitrogen and oxygen atoms in total. The number of nitrogens with one attached hydrogen (secondary N) is 1. The lowest BCUT2D eigenvalue weighted by Crippen LogP contribution is -2.53. The Kier molecular flexibility index (Phi) is 5.16. The van der Waals surface area contributed by atoms with Gasteiger partial charge in [0.05, 0.1) is 32.0 Å². The second-order valence-corrected chi connectivity index (χ2v) is 6.76. The molecule has 3 heterocycles. The Hall–Kier alpha value is -3.07. The number of aryl methyl sites for hydroxylation is 1. The third-order valence-corrected chi connectivity index (χ3v) is 4.69. The molecule has 1 unspecified atom stereocenters. The summed E-state index contributed by atoms with van der Waals surface area (Å²) in [5.41, 5.74) is 0.778. The van der Waals surface area contributed by atoms with Crippen LogP contribution in [0.2, 0.25) is 0 Å². The first-order valence-electron chi connectivity index (χ1n) is 9.20. The second kappa shape index (κ2) is 7.89. The number of morpholine rings is 1. The highest BCUT2D eigenvalue weighted by Crippen LogP contribution is 2.33. The van der Waals surface area contributed by atoms with E-state index in [0.717, 1.165) is 5.69 Å². The zero-order valence-corrected chi connectivity index (χ0v) is 15.6. The zero-order valence-electron chi connectivity index (χ0n) is 15.6. The van der Waals surface area contributed by atoms with Gasteiger partial charge in [0.1, 0.15) is 11.5 Å².